The van der Waals surface area contributed by atoms with Crippen LogP contribution in [-0.2, 0) is 35.8 Å². The summed E-state index contributed by atoms with van der Waals surface area (Å²) < 4.78 is 23.1. The van der Waals surface area contributed by atoms with E-state index in [9.17, 15) is 13.2 Å². The van der Waals surface area contributed by atoms with E-state index in [-0.39, 0.29) is 10.8 Å². The molecule has 0 unspecified atom stereocenters. The third kappa shape index (κ3) is 2.96. The molecule has 7 nitrogen and oxygen atoms in total. The third-order valence-electron chi connectivity index (χ3n) is 5.06. The Hall–Kier alpha value is -2.19. The van der Waals surface area contributed by atoms with Gasteiger partial charge in [0.05, 0.1) is 4.90 Å². The molecule has 1 aliphatic heterocycles. The van der Waals surface area contributed by atoms with Crippen molar-refractivity contribution in [2.45, 2.75) is 43.5 Å². The number of hydrogen-bond donors (Lipinski definition) is 2. The quantitative estimate of drug-likeness (QED) is 0.837. The number of nitrogens with two attached hydrogens (primary N) is 1. The molecule has 2 heterocycles. The Kier molecular flexibility index (Phi) is 3.88. The third-order valence-corrected chi connectivity index (χ3v) is 5.98. The molecule has 1 aliphatic carbocycles. The number of aromatic amines is 1. The number of sulfonamides is 1. The summed E-state index contributed by atoms with van der Waals surface area (Å²) in [6.07, 6.45) is 4.71. The van der Waals surface area contributed by atoms with E-state index in [1.165, 1.54) is 6.07 Å². The van der Waals surface area contributed by atoms with Crippen molar-refractivity contribution < 1.29 is 13.2 Å². The summed E-state index contributed by atoms with van der Waals surface area (Å²) >= 11 is 0. The number of fused-ring (bicyclic) bond motifs is 2. The van der Waals surface area contributed by atoms with Gasteiger partial charge in [-0.25, -0.2) is 13.6 Å². The van der Waals surface area contributed by atoms with E-state index in [1.807, 2.05) is 0 Å². The van der Waals surface area contributed by atoms with Crippen LogP contribution in [0.4, 0.5) is 0 Å². The SMILES string of the molecule is NS(=O)(=O)c1ccc2c(c1)CN(C(=O)c1n[nH]c3c1CCCC3)CC2. The maximum atomic E-state index is 12.9. The van der Waals surface area contributed by atoms with Gasteiger partial charge < -0.3 is 4.90 Å². The number of aryl methyl sites for hydroxylation is 1. The Morgan fingerprint density at radius 1 is 1.16 bits per heavy atom. The van der Waals surface area contributed by atoms with Gasteiger partial charge in [-0.3, -0.25) is 9.89 Å². The highest BCUT2D eigenvalue weighted by molar-refractivity contribution is 7.89. The molecule has 132 valence electrons. The summed E-state index contributed by atoms with van der Waals surface area (Å²) in [5.74, 6) is -0.0916. The Bertz CT molecular complexity index is 949. The fraction of sp³-hybridized carbons (Fsp3) is 0.412. The molecule has 0 bridgehead atoms. The van der Waals surface area contributed by atoms with Crippen LogP contribution in [0.2, 0.25) is 0 Å². The van der Waals surface area contributed by atoms with Crippen molar-refractivity contribution in [2.24, 2.45) is 5.14 Å². The molecule has 2 aliphatic rings. The number of amides is 1. The zero-order valence-corrected chi connectivity index (χ0v) is 14.6. The number of rotatable bonds is 2. The molecule has 0 fully saturated rings. The maximum absolute atomic E-state index is 12.9. The number of primary sulfonamides is 1. The lowest BCUT2D eigenvalue weighted by atomic mass is 9.95. The van der Waals surface area contributed by atoms with Crippen LogP contribution in [0.1, 0.15) is 45.7 Å². The van der Waals surface area contributed by atoms with E-state index in [0.717, 1.165) is 48.1 Å². The number of hydrogen-bond acceptors (Lipinski definition) is 4. The van der Waals surface area contributed by atoms with Crippen LogP contribution < -0.4 is 5.14 Å². The monoisotopic (exact) mass is 360 g/mol. The van der Waals surface area contributed by atoms with Crippen molar-refractivity contribution >= 4 is 15.9 Å². The van der Waals surface area contributed by atoms with E-state index < -0.39 is 10.0 Å². The molecule has 3 N–H and O–H groups in total. The summed E-state index contributed by atoms with van der Waals surface area (Å²) in [5.41, 5.74) is 4.51. The van der Waals surface area contributed by atoms with Crippen molar-refractivity contribution in [2.75, 3.05) is 6.54 Å². The molecule has 8 heteroatoms. The summed E-state index contributed by atoms with van der Waals surface area (Å²) in [4.78, 5) is 14.7. The molecule has 4 rings (SSSR count). The number of nitrogens with zero attached hydrogens (tertiary/aromatic N) is 2. The molecule has 0 atom stereocenters. The zero-order chi connectivity index (χ0) is 17.6. The highest BCUT2D eigenvalue weighted by Crippen LogP contribution is 2.26. The van der Waals surface area contributed by atoms with Crippen molar-refractivity contribution in [3.05, 3.63) is 46.3 Å². The lowest BCUT2D eigenvalue weighted by Gasteiger charge is -2.29. The van der Waals surface area contributed by atoms with Gasteiger partial charge in [-0.1, -0.05) is 6.07 Å². The Morgan fingerprint density at radius 2 is 1.96 bits per heavy atom. The lowest BCUT2D eigenvalue weighted by molar-refractivity contribution is 0.0727. The van der Waals surface area contributed by atoms with Crippen LogP contribution in [0.3, 0.4) is 0 Å². The lowest BCUT2D eigenvalue weighted by Crippen LogP contribution is -2.36. The van der Waals surface area contributed by atoms with E-state index in [1.54, 1.807) is 17.0 Å². The Morgan fingerprint density at radius 3 is 2.76 bits per heavy atom. The Balaban J connectivity index is 1.62. The minimum Gasteiger partial charge on any atom is -0.333 e. The summed E-state index contributed by atoms with van der Waals surface area (Å²) in [5, 5.41) is 12.5. The van der Waals surface area contributed by atoms with Crippen molar-refractivity contribution in [3.63, 3.8) is 0 Å². The normalized spacial score (nSPS) is 17.1. The first-order valence-electron chi connectivity index (χ1n) is 8.43. The molecule has 0 spiro atoms. The standard InChI is InChI=1S/C17H20N4O3S/c18-25(23,24)13-6-5-11-7-8-21(10-12(11)9-13)17(22)16-14-3-1-2-4-15(14)19-20-16/h5-6,9H,1-4,7-8,10H2,(H,19,20)(H2,18,23,24). The smallest absolute Gasteiger partial charge is 0.274 e. The van der Waals surface area contributed by atoms with Gasteiger partial charge in [-0.05, 0) is 55.4 Å². The molecule has 2 aromatic rings. The van der Waals surface area contributed by atoms with Gasteiger partial charge >= 0.3 is 0 Å². The first-order valence-corrected chi connectivity index (χ1v) is 9.98. The van der Waals surface area contributed by atoms with E-state index in [2.05, 4.69) is 10.2 Å². The van der Waals surface area contributed by atoms with Crippen LogP contribution in [0.5, 0.6) is 0 Å². The summed E-state index contributed by atoms with van der Waals surface area (Å²) in [6.45, 7) is 0.974. The van der Waals surface area contributed by atoms with Gasteiger partial charge in [-0.2, -0.15) is 5.10 Å². The van der Waals surface area contributed by atoms with Gasteiger partial charge in [0.25, 0.3) is 5.91 Å². The summed E-state index contributed by atoms with van der Waals surface area (Å²) in [7, 11) is -3.75. The Labute approximate surface area is 146 Å². The van der Waals surface area contributed by atoms with Crippen LogP contribution in [0.15, 0.2) is 23.1 Å². The number of carbonyl (C=O) groups is 1. The van der Waals surface area contributed by atoms with Gasteiger partial charge in [0.1, 0.15) is 0 Å². The van der Waals surface area contributed by atoms with E-state index in [0.29, 0.717) is 25.2 Å². The minimum atomic E-state index is -3.75. The topological polar surface area (TPSA) is 109 Å². The summed E-state index contributed by atoms with van der Waals surface area (Å²) in [6, 6.07) is 4.88. The second-order valence-corrected chi connectivity index (χ2v) is 8.25. The predicted octanol–water partition coefficient (Wildman–Crippen LogP) is 1.13. The largest absolute Gasteiger partial charge is 0.333 e. The fourth-order valence-corrected chi connectivity index (χ4v) is 4.26. The number of carbonyl (C=O) groups excluding carboxylic acids is 1. The zero-order valence-electron chi connectivity index (χ0n) is 13.8. The molecule has 0 saturated heterocycles. The van der Waals surface area contributed by atoms with E-state index >= 15 is 0 Å². The average molecular weight is 360 g/mol. The number of aromatic nitrogens is 2. The van der Waals surface area contributed by atoms with Crippen LogP contribution in [0, 0.1) is 0 Å². The second kappa shape index (κ2) is 5.96. The number of nitrogens with one attached hydrogen (secondary N) is 1. The van der Waals surface area contributed by atoms with Crippen LogP contribution >= 0.6 is 0 Å². The molecule has 1 amide bonds. The fourth-order valence-electron chi connectivity index (χ4n) is 3.69. The second-order valence-electron chi connectivity index (χ2n) is 6.69. The highest BCUT2D eigenvalue weighted by atomic mass is 32.2. The van der Waals surface area contributed by atoms with Crippen molar-refractivity contribution in [1.29, 1.82) is 0 Å². The van der Waals surface area contributed by atoms with E-state index in [4.69, 9.17) is 5.14 Å². The minimum absolute atomic E-state index is 0.0812. The molecule has 1 aromatic heterocycles. The van der Waals surface area contributed by atoms with Crippen molar-refractivity contribution in [3.8, 4) is 0 Å². The van der Waals surface area contributed by atoms with Crippen LogP contribution in [0.25, 0.3) is 0 Å². The molecule has 25 heavy (non-hydrogen) atoms. The van der Waals surface area contributed by atoms with Gasteiger partial charge in [0, 0.05) is 24.3 Å². The number of H-pyrrole nitrogens is 1. The average Bonchev–Trinajstić information content (AvgIpc) is 3.03. The molecular formula is C17H20N4O3S. The first kappa shape index (κ1) is 16.3. The molecular weight excluding hydrogens is 340 g/mol. The van der Waals surface area contributed by atoms with Gasteiger partial charge in [0.15, 0.2) is 5.69 Å². The number of benzene rings is 1. The first-order chi connectivity index (χ1) is 11.9. The maximum Gasteiger partial charge on any atom is 0.274 e. The molecule has 0 radical (unpaired) electrons. The van der Waals surface area contributed by atoms with Gasteiger partial charge in [0.2, 0.25) is 10.0 Å². The molecule has 0 saturated carbocycles. The molecule has 1 aromatic carbocycles. The highest BCUT2D eigenvalue weighted by Gasteiger charge is 2.28. The predicted molar refractivity (Wildman–Crippen MR) is 91.5 cm³/mol. The van der Waals surface area contributed by atoms with Crippen molar-refractivity contribution in [1.82, 2.24) is 15.1 Å². The van der Waals surface area contributed by atoms with Gasteiger partial charge in [-0.15, -0.1) is 0 Å². The van der Waals surface area contributed by atoms with Crippen LogP contribution in [-0.4, -0.2) is 36.0 Å².